The van der Waals surface area contributed by atoms with Crippen LogP contribution in [-0.2, 0) is 34.0 Å². The van der Waals surface area contributed by atoms with Crippen molar-refractivity contribution in [1.82, 2.24) is 9.80 Å². The van der Waals surface area contributed by atoms with E-state index in [1.54, 1.807) is 37.3 Å². The van der Waals surface area contributed by atoms with Gasteiger partial charge in [-0.1, -0.05) is 70.4 Å². The fourth-order valence-corrected chi connectivity index (χ4v) is 4.59. The molecule has 1 aliphatic rings. The van der Waals surface area contributed by atoms with Crippen molar-refractivity contribution in [3.8, 4) is 0 Å². The number of benzene rings is 1. The van der Waals surface area contributed by atoms with Crippen molar-refractivity contribution < 1.29 is 42.9 Å². The molecule has 0 aromatic heterocycles. The molecule has 6 amide bonds. The zero-order chi connectivity index (χ0) is 30.4. The molecule has 1 aromatic rings. The Kier molecular flexibility index (Phi) is 13.5. The summed E-state index contributed by atoms with van der Waals surface area (Å²) in [7, 11) is 0. The fourth-order valence-electron chi connectivity index (χ4n) is 4.59. The minimum Gasteiger partial charge on any atom is -0.442 e. The quantitative estimate of drug-likeness (QED) is 0.150. The topological polar surface area (TPSA) is 181 Å². The average molecular weight is 579 g/mol. The lowest BCUT2D eigenvalue weighted by Crippen LogP contribution is -2.69. The van der Waals surface area contributed by atoms with E-state index in [-0.39, 0.29) is 19.6 Å². The van der Waals surface area contributed by atoms with E-state index in [4.69, 9.17) is 30.4 Å². The smallest absolute Gasteiger partial charge is 0.406 e. The molecule has 0 bridgehead atoms. The second-order valence-electron chi connectivity index (χ2n) is 9.67. The molecule has 0 radical (unpaired) electrons. The van der Waals surface area contributed by atoms with Crippen molar-refractivity contribution in [1.29, 1.82) is 0 Å². The predicted octanol–water partition coefficient (Wildman–Crippen LogP) is 3.03. The zero-order valence-electron chi connectivity index (χ0n) is 24.0. The van der Waals surface area contributed by atoms with E-state index in [0.29, 0.717) is 18.6 Å². The number of amides is 6. The monoisotopic (exact) mass is 578 g/mol. The molecule has 1 aromatic carbocycles. The number of barbiturate groups is 1. The maximum atomic E-state index is 14.1. The third-order valence-corrected chi connectivity index (χ3v) is 6.73. The number of unbranched alkanes of at least 4 members (excludes halogenated alkanes) is 3. The number of urea groups is 1. The van der Waals surface area contributed by atoms with Crippen LogP contribution in [0.4, 0.5) is 14.4 Å². The summed E-state index contributed by atoms with van der Waals surface area (Å²) in [6, 6.07) is 7.33. The first-order valence-electron chi connectivity index (χ1n) is 14.0. The van der Waals surface area contributed by atoms with Gasteiger partial charge >= 0.3 is 18.2 Å². The third-order valence-electron chi connectivity index (χ3n) is 6.73. The van der Waals surface area contributed by atoms with Gasteiger partial charge in [0.25, 0.3) is 11.8 Å². The number of ether oxygens (including phenoxy) is 4. The van der Waals surface area contributed by atoms with E-state index in [1.165, 1.54) is 0 Å². The number of carbonyl (C=O) groups is 5. The highest BCUT2D eigenvalue weighted by molar-refractivity contribution is 6.22. The predicted molar refractivity (Wildman–Crippen MR) is 147 cm³/mol. The van der Waals surface area contributed by atoms with Gasteiger partial charge in [-0.15, -0.1) is 0 Å². The molecule has 13 heteroatoms. The van der Waals surface area contributed by atoms with Gasteiger partial charge in [-0.3, -0.25) is 19.4 Å². The molecule has 0 saturated carbocycles. The molecule has 1 aliphatic heterocycles. The molecule has 13 nitrogen and oxygen atoms in total. The van der Waals surface area contributed by atoms with Crippen LogP contribution in [0.25, 0.3) is 0 Å². The van der Waals surface area contributed by atoms with Crippen LogP contribution in [0, 0.1) is 0 Å². The second kappa shape index (κ2) is 16.5. The molecule has 3 unspecified atom stereocenters. The second-order valence-corrected chi connectivity index (χ2v) is 9.67. The first-order chi connectivity index (χ1) is 19.6. The molecule has 228 valence electrons. The van der Waals surface area contributed by atoms with E-state index in [0.717, 1.165) is 35.5 Å². The number of imide groups is 2. The lowest BCUT2D eigenvalue weighted by molar-refractivity contribution is -0.160. The Bertz CT molecular complexity index is 981. The lowest BCUT2D eigenvalue weighted by Gasteiger charge is -2.45. The molecule has 1 heterocycles. The minimum absolute atomic E-state index is 0.00199. The van der Waals surface area contributed by atoms with E-state index in [2.05, 4.69) is 0 Å². The van der Waals surface area contributed by atoms with Crippen LogP contribution >= 0.6 is 0 Å². The average Bonchev–Trinajstić information content (AvgIpc) is 2.94. The van der Waals surface area contributed by atoms with Gasteiger partial charge in [-0.2, -0.15) is 0 Å². The molecule has 0 aliphatic carbocycles. The number of nitrogens with two attached hydrogens (primary N) is 2. The molecule has 1 fully saturated rings. The number of hydrogen-bond acceptors (Lipinski definition) is 9. The Morgan fingerprint density at radius 2 is 1.44 bits per heavy atom. The van der Waals surface area contributed by atoms with Crippen LogP contribution < -0.4 is 11.5 Å². The summed E-state index contributed by atoms with van der Waals surface area (Å²) < 4.78 is 21.5. The van der Waals surface area contributed by atoms with Gasteiger partial charge < -0.3 is 30.4 Å². The number of rotatable bonds is 18. The van der Waals surface area contributed by atoms with Crippen LogP contribution in [0.2, 0.25) is 0 Å². The molecule has 1 saturated heterocycles. The van der Waals surface area contributed by atoms with E-state index in [9.17, 15) is 24.0 Å². The van der Waals surface area contributed by atoms with Crippen molar-refractivity contribution in [2.75, 3.05) is 32.9 Å². The van der Waals surface area contributed by atoms with Crippen molar-refractivity contribution in [2.24, 2.45) is 11.5 Å². The van der Waals surface area contributed by atoms with E-state index in [1.807, 2.05) is 13.8 Å². The summed E-state index contributed by atoms with van der Waals surface area (Å²) in [5.74, 6) is -1.60. The Balaban J connectivity index is 2.49. The van der Waals surface area contributed by atoms with Gasteiger partial charge in [-0.25, -0.2) is 14.4 Å². The molecule has 4 N–H and O–H groups in total. The van der Waals surface area contributed by atoms with Crippen LogP contribution in [0.3, 0.4) is 0 Å². The Hall–Kier alpha value is -3.71. The first-order valence-corrected chi connectivity index (χ1v) is 14.0. The Labute approximate surface area is 240 Å². The molecular weight excluding hydrogens is 536 g/mol. The Morgan fingerprint density at radius 3 is 2.00 bits per heavy atom. The number of hydrogen-bond donors (Lipinski definition) is 2. The zero-order valence-corrected chi connectivity index (χ0v) is 24.0. The summed E-state index contributed by atoms with van der Waals surface area (Å²) in [6.07, 6.45) is -0.700. The molecule has 41 heavy (non-hydrogen) atoms. The molecule has 3 atom stereocenters. The fraction of sp³-hybridized carbons (Fsp3) is 0.607. The molecular formula is C28H42N4O9. The Morgan fingerprint density at radius 1 is 0.829 bits per heavy atom. The van der Waals surface area contributed by atoms with Gasteiger partial charge in [-0.05, 0) is 24.8 Å². The summed E-state index contributed by atoms with van der Waals surface area (Å²) in [6.45, 7) is 5.12. The normalized spacial score (nSPS) is 18.8. The maximum Gasteiger partial charge on any atom is 0.406 e. The van der Waals surface area contributed by atoms with Crippen molar-refractivity contribution >= 4 is 30.0 Å². The summed E-state index contributed by atoms with van der Waals surface area (Å²) in [5, 5.41) is 0. The SMILES string of the molecule is CCCCCOC(CN1C(=O)N(CC(COCCCC)OC(N)=O)C(=O)C(CC)(c2ccccc2)C1=O)OC(N)=O. The summed E-state index contributed by atoms with van der Waals surface area (Å²) in [5.41, 5.74) is 9.05. The van der Waals surface area contributed by atoms with Crippen LogP contribution in [0.5, 0.6) is 0 Å². The first kappa shape index (κ1) is 33.5. The van der Waals surface area contributed by atoms with Crippen LogP contribution in [-0.4, -0.2) is 85.1 Å². The van der Waals surface area contributed by atoms with Gasteiger partial charge in [0.1, 0.15) is 6.10 Å². The lowest BCUT2D eigenvalue weighted by atomic mass is 9.74. The highest BCUT2D eigenvalue weighted by Crippen LogP contribution is 2.37. The standard InChI is InChI=1S/C28H42N4O9/c1-4-7-12-16-39-22(41-26(30)36)18-32-24(34)28(6-3,20-13-10-9-11-14-20)23(33)31(27(32)37)17-21(40-25(29)35)19-38-15-8-5-2/h9-11,13-14,21-22H,4-8,12,15-19H2,1-3H3,(H2,29,35)(H2,30,36). The maximum absolute atomic E-state index is 14.1. The van der Waals surface area contributed by atoms with Crippen molar-refractivity contribution in [3.63, 3.8) is 0 Å². The number of carbonyl (C=O) groups excluding carboxylic acids is 5. The summed E-state index contributed by atoms with van der Waals surface area (Å²) >= 11 is 0. The highest BCUT2D eigenvalue weighted by atomic mass is 16.7. The number of nitrogens with zero attached hydrogens (tertiary/aromatic N) is 2. The van der Waals surface area contributed by atoms with Crippen molar-refractivity contribution in [2.45, 2.75) is 77.1 Å². The minimum atomic E-state index is -1.80. The number of primary amides is 2. The molecule has 0 spiro atoms. The third kappa shape index (κ3) is 8.89. The van der Waals surface area contributed by atoms with Gasteiger partial charge in [0, 0.05) is 6.61 Å². The van der Waals surface area contributed by atoms with Gasteiger partial charge in [0.05, 0.1) is 26.3 Å². The van der Waals surface area contributed by atoms with E-state index >= 15 is 0 Å². The highest BCUT2D eigenvalue weighted by Gasteiger charge is 2.58. The van der Waals surface area contributed by atoms with Gasteiger partial charge in [0.15, 0.2) is 5.41 Å². The van der Waals surface area contributed by atoms with Crippen LogP contribution in [0.1, 0.15) is 64.9 Å². The molecule has 2 rings (SSSR count). The van der Waals surface area contributed by atoms with Crippen LogP contribution in [0.15, 0.2) is 30.3 Å². The summed E-state index contributed by atoms with van der Waals surface area (Å²) in [4.78, 5) is 66.8. The van der Waals surface area contributed by atoms with Crippen molar-refractivity contribution in [3.05, 3.63) is 35.9 Å². The largest absolute Gasteiger partial charge is 0.442 e. The van der Waals surface area contributed by atoms with E-state index < -0.39 is 60.9 Å². The van der Waals surface area contributed by atoms with Gasteiger partial charge in [0.2, 0.25) is 6.29 Å².